The van der Waals surface area contributed by atoms with Crippen molar-refractivity contribution in [1.29, 1.82) is 0 Å². The molecule has 15 heavy (non-hydrogen) atoms. The Morgan fingerprint density at radius 2 is 2.40 bits per heavy atom. The molecule has 2 rings (SSSR count). The zero-order chi connectivity index (χ0) is 10.7. The molecule has 0 saturated carbocycles. The van der Waals surface area contributed by atoms with Gasteiger partial charge in [-0.1, -0.05) is 6.07 Å². The number of aliphatic imine (C=N–C) groups is 1. The lowest BCUT2D eigenvalue weighted by atomic mass is 10.4. The van der Waals surface area contributed by atoms with Crippen LogP contribution in [0.4, 0.5) is 4.39 Å². The molecule has 1 aliphatic heterocycles. The first-order valence-electron chi connectivity index (χ1n) is 4.45. The molecule has 78 valence electrons. The standard InChI is InChI=1S/C10H9FN2OS/c11-7-2-1-3-8(4-7)15-6-9-12-5-10(14)13-9/h1-4H,5-6H2,(H,12,13,14). The minimum absolute atomic E-state index is 0.0788. The Balaban J connectivity index is 1.91. The Kier molecular flexibility index (Phi) is 3.01. The number of carbonyl (C=O) groups excluding carboxylic acids is 1. The Bertz CT molecular complexity index is 420. The van der Waals surface area contributed by atoms with Gasteiger partial charge in [-0.25, -0.2) is 4.39 Å². The van der Waals surface area contributed by atoms with E-state index in [-0.39, 0.29) is 18.3 Å². The summed E-state index contributed by atoms with van der Waals surface area (Å²) in [4.78, 5) is 15.7. The van der Waals surface area contributed by atoms with Crippen LogP contribution < -0.4 is 5.32 Å². The lowest BCUT2D eigenvalue weighted by Gasteiger charge is -2.01. The van der Waals surface area contributed by atoms with E-state index in [4.69, 9.17) is 0 Å². The molecule has 1 heterocycles. The van der Waals surface area contributed by atoms with E-state index >= 15 is 0 Å². The second kappa shape index (κ2) is 4.44. The Labute approximate surface area is 90.8 Å². The van der Waals surface area contributed by atoms with Crippen LogP contribution in [0.1, 0.15) is 0 Å². The van der Waals surface area contributed by atoms with Crippen LogP contribution in [0.25, 0.3) is 0 Å². The quantitative estimate of drug-likeness (QED) is 0.789. The Hall–Kier alpha value is -1.36. The molecule has 0 unspecified atom stereocenters. The molecule has 1 aliphatic rings. The molecule has 0 bridgehead atoms. The number of benzene rings is 1. The predicted molar refractivity (Wildman–Crippen MR) is 57.6 cm³/mol. The van der Waals surface area contributed by atoms with Crippen LogP contribution >= 0.6 is 11.8 Å². The molecule has 0 fully saturated rings. The first-order chi connectivity index (χ1) is 7.24. The van der Waals surface area contributed by atoms with Gasteiger partial charge in [0, 0.05) is 4.90 Å². The van der Waals surface area contributed by atoms with Crippen LogP contribution in [0.15, 0.2) is 34.2 Å². The van der Waals surface area contributed by atoms with Gasteiger partial charge in [0.15, 0.2) is 0 Å². The normalized spacial score (nSPS) is 15.0. The van der Waals surface area contributed by atoms with E-state index in [0.717, 1.165) is 4.90 Å². The van der Waals surface area contributed by atoms with Crippen LogP contribution in [0.3, 0.4) is 0 Å². The third-order valence-corrected chi connectivity index (χ3v) is 2.87. The van der Waals surface area contributed by atoms with Crippen LogP contribution in [0.5, 0.6) is 0 Å². The molecule has 1 aromatic carbocycles. The summed E-state index contributed by atoms with van der Waals surface area (Å²) in [5, 5.41) is 2.64. The zero-order valence-electron chi connectivity index (χ0n) is 7.87. The second-order valence-electron chi connectivity index (χ2n) is 3.06. The van der Waals surface area contributed by atoms with Gasteiger partial charge in [0.05, 0.1) is 5.75 Å². The van der Waals surface area contributed by atoms with Crippen LogP contribution in [0, 0.1) is 5.82 Å². The molecular weight excluding hydrogens is 215 g/mol. The minimum atomic E-state index is -0.252. The first-order valence-corrected chi connectivity index (χ1v) is 5.44. The Morgan fingerprint density at radius 3 is 3.07 bits per heavy atom. The molecule has 5 heteroatoms. The van der Waals surface area contributed by atoms with Crippen molar-refractivity contribution < 1.29 is 9.18 Å². The molecule has 0 saturated heterocycles. The number of carbonyl (C=O) groups is 1. The summed E-state index contributed by atoms with van der Waals surface area (Å²) in [7, 11) is 0. The molecule has 0 radical (unpaired) electrons. The van der Waals surface area contributed by atoms with E-state index in [1.54, 1.807) is 6.07 Å². The summed E-state index contributed by atoms with van der Waals surface area (Å²) in [5.41, 5.74) is 0. The van der Waals surface area contributed by atoms with Crippen molar-refractivity contribution in [2.75, 3.05) is 12.3 Å². The van der Waals surface area contributed by atoms with Crippen molar-refractivity contribution in [1.82, 2.24) is 5.32 Å². The molecule has 0 aromatic heterocycles. The minimum Gasteiger partial charge on any atom is -0.312 e. The molecule has 1 aromatic rings. The maximum atomic E-state index is 12.8. The highest BCUT2D eigenvalue weighted by molar-refractivity contribution is 8.00. The number of amides is 1. The monoisotopic (exact) mass is 224 g/mol. The van der Waals surface area contributed by atoms with Crippen molar-refractivity contribution in [3.8, 4) is 0 Å². The summed E-state index contributed by atoms with van der Waals surface area (Å²) >= 11 is 1.45. The number of rotatable bonds is 3. The maximum Gasteiger partial charge on any atom is 0.247 e. The predicted octanol–water partition coefficient (Wildman–Crippen LogP) is 1.45. The average Bonchev–Trinajstić information content (AvgIpc) is 2.62. The molecule has 1 N–H and O–H groups in total. The number of nitrogens with one attached hydrogen (secondary N) is 1. The van der Waals surface area contributed by atoms with Gasteiger partial charge in [-0.15, -0.1) is 11.8 Å². The van der Waals surface area contributed by atoms with Crippen LogP contribution in [0.2, 0.25) is 0 Å². The number of hydrogen-bond acceptors (Lipinski definition) is 3. The largest absolute Gasteiger partial charge is 0.312 e. The second-order valence-corrected chi connectivity index (χ2v) is 4.11. The fourth-order valence-corrected chi connectivity index (χ4v) is 2.03. The van der Waals surface area contributed by atoms with Crippen molar-refractivity contribution >= 4 is 23.5 Å². The molecule has 1 amide bonds. The van der Waals surface area contributed by atoms with Gasteiger partial charge < -0.3 is 5.32 Å². The van der Waals surface area contributed by atoms with Gasteiger partial charge in [-0.2, -0.15) is 0 Å². The topological polar surface area (TPSA) is 41.5 Å². The third-order valence-electron chi connectivity index (χ3n) is 1.87. The van der Waals surface area contributed by atoms with Crippen molar-refractivity contribution in [3.63, 3.8) is 0 Å². The smallest absolute Gasteiger partial charge is 0.247 e. The van der Waals surface area contributed by atoms with Crippen molar-refractivity contribution in [2.24, 2.45) is 4.99 Å². The van der Waals surface area contributed by atoms with Crippen LogP contribution in [-0.2, 0) is 4.79 Å². The number of hydrogen-bond donors (Lipinski definition) is 1. The van der Waals surface area contributed by atoms with E-state index in [2.05, 4.69) is 10.3 Å². The van der Waals surface area contributed by atoms with Gasteiger partial charge in [-0.3, -0.25) is 9.79 Å². The van der Waals surface area contributed by atoms with E-state index in [9.17, 15) is 9.18 Å². The van der Waals surface area contributed by atoms with Gasteiger partial charge >= 0.3 is 0 Å². The maximum absolute atomic E-state index is 12.8. The van der Waals surface area contributed by atoms with Gasteiger partial charge in [0.2, 0.25) is 5.91 Å². The SMILES string of the molecule is O=C1CN=C(CSc2cccc(F)c2)N1. The highest BCUT2D eigenvalue weighted by atomic mass is 32.2. The summed E-state index contributed by atoms with van der Waals surface area (Å²) in [6, 6.07) is 6.35. The number of thioether (sulfide) groups is 1. The van der Waals surface area contributed by atoms with Crippen molar-refractivity contribution in [3.05, 3.63) is 30.1 Å². The molecule has 0 atom stereocenters. The molecule has 3 nitrogen and oxygen atoms in total. The fourth-order valence-electron chi connectivity index (χ4n) is 1.20. The lowest BCUT2D eigenvalue weighted by molar-refractivity contribution is -0.117. The van der Waals surface area contributed by atoms with Crippen molar-refractivity contribution in [2.45, 2.75) is 4.90 Å². The average molecular weight is 224 g/mol. The first kappa shape index (κ1) is 10.2. The number of nitrogens with zero attached hydrogens (tertiary/aromatic N) is 1. The Morgan fingerprint density at radius 1 is 1.53 bits per heavy atom. The highest BCUT2D eigenvalue weighted by Crippen LogP contribution is 2.18. The van der Waals surface area contributed by atoms with Gasteiger partial charge in [0.25, 0.3) is 0 Å². The molecule has 0 aliphatic carbocycles. The number of amidine groups is 1. The van der Waals surface area contributed by atoms with E-state index in [1.165, 1.54) is 23.9 Å². The van der Waals surface area contributed by atoms with Crippen LogP contribution in [-0.4, -0.2) is 24.0 Å². The van der Waals surface area contributed by atoms with E-state index in [1.807, 2.05) is 6.07 Å². The van der Waals surface area contributed by atoms with Gasteiger partial charge in [0.1, 0.15) is 18.2 Å². The zero-order valence-corrected chi connectivity index (χ0v) is 8.68. The fraction of sp³-hybridized carbons (Fsp3) is 0.200. The summed E-state index contributed by atoms with van der Waals surface area (Å²) in [6.45, 7) is 0.207. The molecule has 0 spiro atoms. The van der Waals surface area contributed by atoms with E-state index in [0.29, 0.717) is 11.6 Å². The summed E-state index contributed by atoms with van der Waals surface area (Å²) in [6.07, 6.45) is 0. The van der Waals surface area contributed by atoms with Gasteiger partial charge in [-0.05, 0) is 18.2 Å². The van der Waals surface area contributed by atoms with E-state index < -0.39 is 0 Å². The number of halogens is 1. The lowest BCUT2D eigenvalue weighted by Crippen LogP contribution is -2.25. The highest BCUT2D eigenvalue weighted by Gasteiger charge is 2.12. The summed E-state index contributed by atoms with van der Waals surface area (Å²) in [5.74, 6) is 0.895. The third kappa shape index (κ3) is 2.79. The molecular formula is C10H9FN2OS. The summed E-state index contributed by atoms with van der Waals surface area (Å²) < 4.78 is 12.8.